The molecule has 1 heterocycles. The third-order valence-electron chi connectivity index (χ3n) is 3.28. The molecule has 0 fully saturated rings. The summed E-state index contributed by atoms with van der Waals surface area (Å²) < 4.78 is 37.8. The number of rotatable bonds is 4. The normalized spacial score (nSPS) is 14.9. The molecule has 0 radical (unpaired) electrons. The Balaban J connectivity index is 1.82. The van der Waals surface area contributed by atoms with Gasteiger partial charge in [-0.2, -0.15) is 0 Å². The highest BCUT2D eigenvalue weighted by atomic mass is 32.2. The first-order valence-electron chi connectivity index (χ1n) is 6.53. The minimum atomic E-state index is -3.54. The van der Waals surface area contributed by atoms with Crippen LogP contribution in [-0.2, 0) is 10.0 Å². The van der Waals surface area contributed by atoms with E-state index in [1.165, 1.54) is 0 Å². The van der Waals surface area contributed by atoms with Crippen LogP contribution in [0.1, 0.15) is 18.5 Å². The lowest BCUT2D eigenvalue weighted by Crippen LogP contribution is -2.26. The lowest BCUT2D eigenvalue weighted by Gasteiger charge is -2.15. The molecule has 1 N–H and O–H groups in total. The van der Waals surface area contributed by atoms with Gasteiger partial charge in [-0.25, -0.2) is 13.1 Å². The maximum atomic E-state index is 12.3. The summed E-state index contributed by atoms with van der Waals surface area (Å²) in [6.45, 7) is 1.99. The van der Waals surface area contributed by atoms with Crippen molar-refractivity contribution in [2.24, 2.45) is 0 Å². The molecule has 0 saturated carbocycles. The molecule has 0 aromatic heterocycles. The zero-order valence-corrected chi connectivity index (χ0v) is 12.3. The van der Waals surface area contributed by atoms with Crippen LogP contribution in [0.2, 0.25) is 0 Å². The van der Waals surface area contributed by atoms with Crippen molar-refractivity contribution in [3.8, 4) is 11.5 Å². The van der Waals surface area contributed by atoms with Crippen molar-refractivity contribution in [2.75, 3.05) is 6.79 Å². The molecule has 0 bridgehead atoms. The van der Waals surface area contributed by atoms with Crippen molar-refractivity contribution in [2.45, 2.75) is 17.9 Å². The van der Waals surface area contributed by atoms with Crippen molar-refractivity contribution in [1.82, 2.24) is 4.72 Å². The molecule has 0 amide bonds. The van der Waals surface area contributed by atoms with Crippen molar-refractivity contribution >= 4 is 10.0 Å². The molecule has 2 aromatic rings. The lowest BCUT2D eigenvalue weighted by molar-refractivity contribution is 0.174. The minimum absolute atomic E-state index is 0.197. The highest BCUT2D eigenvalue weighted by molar-refractivity contribution is 7.89. The number of hydrogen-bond acceptors (Lipinski definition) is 4. The molecule has 21 heavy (non-hydrogen) atoms. The minimum Gasteiger partial charge on any atom is -0.454 e. The van der Waals surface area contributed by atoms with Crippen LogP contribution in [0.4, 0.5) is 0 Å². The molecule has 110 valence electrons. The molecule has 1 unspecified atom stereocenters. The number of nitrogens with one attached hydrogen (secondary N) is 1. The van der Waals surface area contributed by atoms with E-state index in [4.69, 9.17) is 9.47 Å². The first kappa shape index (κ1) is 13.9. The largest absolute Gasteiger partial charge is 0.454 e. The molecule has 2 aromatic carbocycles. The molecule has 0 aliphatic carbocycles. The molecular formula is C15H15NO4S. The molecule has 6 heteroatoms. The predicted octanol–water partition coefficient (Wildman–Crippen LogP) is 2.45. The number of hydrogen-bond donors (Lipinski definition) is 1. The van der Waals surface area contributed by atoms with Gasteiger partial charge in [-0.05, 0) is 36.8 Å². The second kappa shape index (κ2) is 5.38. The number of fused-ring (bicyclic) bond motifs is 1. The van der Waals surface area contributed by atoms with Gasteiger partial charge >= 0.3 is 0 Å². The van der Waals surface area contributed by atoms with Gasteiger partial charge in [-0.15, -0.1) is 0 Å². The third kappa shape index (κ3) is 2.86. The maximum Gasteiger partial charge on any atom is 0.241 e. The zero-order chi connectivity index (χ0) is 14.9. The van der Waals surface area contributed by atoms with E-state index in [-0.39, 0.29) is 17.7 Å². The van der Waals surface area contributed by atoms with E-state index >= 15 is 0 Å². The van der Waals surface area contributed by atoms with Gasteiger partial charge in [0.25, 0.3) is 0 Å². The Kier molecular flexibility index (Phi) is 3.57. The third-order valence-corrected chi connectivity index (χ3v) is 4.84. The molecule has 1 aliphatic rings. The quantitative estimate of drug-likeness (QED) is 0.942. The van der Waals surface area contributed by atoms with Crippen LogP contribution in [0.5, 0.6) is 11.5 Å². The van der Waals surface area contributed by atoms with Crippen LogP contribution < -0.4 is 14.2 Å². The predicted molar refractivity (Wildman–Crippen MR) is 77.7 cm³/mol. The van der Waals surface area contributed by atoms with E-state index in [2.05, 4.69) is 4.72 Å². The highest BCUT2D eigenvalue weighted by Gasteiger charge is 2.20. The monoisotopic (exact) mass is 305 g/mol. The average Bonchev–Trinajstić information content (AvgIpc) is 2.95. The standard InChI is InChI=1S/C15H15NO4S/c1-11(12-7-8-14-15(9-12)20-10-19-14)16-21(17,18)13-5-3-2-4-6-13/h2-9,11,16H,10H2,1H3. The summed E-state index contributed by atoms with van der Waals surface area (Å²) in [7, 11) is -3.54. The molecular weight excluding hydrogens is 290 g/mol. The SMILES string of the molecule is CC(NS(=O)(=O)c1ccccc1)c1ccc2c(c1)OCO2. The summed E-state index contributed by atoms with van der Waals surface area (Å²) in [6, 6.07) is 13.3. The smallest absolute Gasteiger partial charge is 0.241 e. The Hall–Kier alpha value is -2.05. The Morgan fingerprint density at radius 3 is 2.52 bits per heavy atom. The van der Waals surface area contributed by atoms with Crippen molar-refractivity contribution in [3.05, 3.63) is 54.1 Å². The second-order valence-electron chi connectivity index (χ2n) is 4.77. The fraction of sp³-hybridized carbons (Fsp3) is 0.200. The van der Waals surface area contributed by atoms with Crippen LogP contribution in [0.3, 0.4) is 0 Å². The fourth-order valence-electron chi connectivity index (χ4n) is 2.15. The van der Waals surface area contributed by atoms with Gasteiger partial charge in [0.15, 0.2) is 11.5 Å². The number of benzene rings is 2. The molecule has 0 saturated heterocycles. The van der Waals surface area contributed by atoms with Crippen LogP contribution in [-0.4, -0.2) is 15.2 Å². The average molecular weight is 305 g/mol. The van der Waals surface area contributed by atoms with Gasteiger partial charge in [0.2, 0.25) is 16.8 Å². The Bertz CT molecular complexity index is 744. The first-order valence-corrected chi connectivity index (χ1v) is 8.01. The topological polar surface area (TPSA) is 64.6 Å². The Morgan fingerprint density at radius 1 is 1.05 bits per heavy atom. The van der Waals surface area contributed by atoms with E-state index in [0.29, 0.717) is 11.5 Å². The zero-order valence-electron chi connectivity index (χ0n) is 11.4. The fourth-order valence-corrected chi connectivity index (χ4v) is 3.40. The van der Waals surface area contributed by atoms with Crippen LogP contribution in [0.25, 0.3) is 0 Å². The van der Waals surface area contributed by atoms with Gasteiger partial charge < -0.3 is 9.47 Å². The van der Waals surface area contributed by atoms with E-state index in [1.54, 1.807) is 49.4 Å². The van der Waals surface area contributed by atoms with Crippen LogP contribution in [0.15, 0.2) is 53.4 Å². The molecule has 1 aliphatic heterocycles. The van der Waals surface area contributed by atoms with Crippen molar-refractivity contribution in [3.63, 3.8) is 0 Å². The second-order valence-corrected chi connectivity index (χ2v) is 6.48. The molecule has 0 spiro atoms. The summed E-state index contributed by atoms with van der Waals surface area (Å²) in [5, 5.41) is 0. The molecule has 3 rings (SSSR count). The summed E-state index contributed by atoms with van der Waals surface area (Å²) in [5.41, 5.74) is 0.818. The first-order chi connectivity index (χ1) is 10.1. The highest BCUT2D eigenvalue weighted by Crippen LogP contribution is 2.34. The van der Waals surface area contributed by atoms with Crippen LogP contribution >= 0.6 is 0 Å². The van der Waals surface area contributed by atoms with E-state index in [1.807, 2.05) is 6.07 Å². The van der Waals surface area contributed by atoms with E-state index in [9.17, 15) is 8.42 Å². The Morgan fingerprint density at radius 2 is 1.76 bits per heavy atom. The van der Waals surface area contributed by atoms with Gasteiger partial charge in [0.05, 0.1) is 4.90 Å². The number of ether oxygens (including phenoxy) is 2. The van der Waals surface area contributed by atoms with Crippen LogP contribution in [0, 0.1) is 0 Å². The summed E-state index contributed by atoms with van der Waals surface area (Å²) in [5.74, 6) is 1.31. The maximum absolute atomic E-state index is 12.3. The Labute approximate surface area is 123 Å². The summed E-state index contributed by atoms with van der Waals surface area (Å²) >= 11 is 0. The van der Waals surface area contributed by atoms with Crippen molar-refractivity contribution in [1.29, 1.82) is 0 Å². The summed E-state index contributed by atoms with van der Waals surface area (Å²) in [4.78, 5) is 0.248. The molecule has 5 nitrogen and oxygen atoms in total. The van der Waals surface area contributed by atoms with E-state index < -0.39 is 10.0 Å². The van der Waals surface area contributed by atoms with Crippen molar-refractivity contribution < 1.29 is 17.9 Å². The van der Waals surface area contributed by atoms with Gasteiger partial charge in [0.1, 0.15) is 0 Å². The van der Waals surface area contributed by atoms with Gasteiger partial charge in [0, 0.05) is 6.04 Å². The summed E-state index contributed by atoms with van der Waals surface area (Å²) in [6.07, 6.45) is 0. The molecule has 1 atom stereocenters. The number of sulfonamides is 1. The lowest BCUT2D eigenvalue weighted by atomic mass is 10.1. The van der Waals surface area contributed by atoms with Gasteiger partial charge in [-0.1, -0.05) is 24.3 Å². The van der Waals surface area contributed by atoms with Gasteiger partial charge in [-0.3, -0.25) is 0 Å². The van der Waals surface area contributed by atoms with E-state index in [0.717, 1.165) is 5.56 Å².